The summed E-state index contributed by atoms with van der Waals surface area (Å²) in [4.78, 5) is 4.19. The van der Waals surface area contributed by atoms with Crippen LogP contribution in [0.3, 0.4) is 0 Å². The maximum absolute atomic E-state index is 10.1. The van der Waals surface area contributed by atoms with Gasteiger partial charge in [-0.2, -0.15) is 0 Å². The molecule has 1 aromatic carbocycles. The van der Waals surface area contributed by atoms with Gasteiger partial charge < -0.3 is 29.5 Å². The van der Waals surface area contributed by atoms with Crippen molar-refractivity contribution in [2.75, 3.05) is 20.0 Å². The lowest BCUT2D eigenvalue weighted by Gasteiger charge is -2.34. The van der Waals surface area contributed by atoms with Gasteiger partial charge in [-0.3, -0.25) is 4.98 Å². The fourth-order valence-corrected chi connectivity index (χ4v) is 3.81. The molecule has 0 amide bonds. The second-order valence-electron chi connectivity index (χ2n) is 5.84. The molecule has 8 heteroatoms. The third kappa shape index (κ3) is 3.88. The molecule has 1 fully saturated rings. The van der Waals surface area contributed by atoms with Crippen LogP contribution < -0.4 is 14.2 Å². The Morgan fingerprint density at radius 1 is 1.00 bits per heavy atom. The first-order valence-electron chi connectivity index (χ1n) is 8.03. The summed E-state index contributed by atoms with van der Waals surface area (Å²) in [5.41, 5.74) is 0.902. The van der Waals surface area contributed by atoms with Crippen molar-refractivity contribution in [2.24, 2.45) is 0 Å². The Hall–Kier alpha value is -2.00. The van der Waals surface area contributed by atoms with Crippen molar-refractivity contribution in [1.29, 1.82) is 0 Å². The van der Waals surface area contributed by atoms with E-state index >= 15 is 0 Å². The molecule has 1 aliphatic rings. The molecule has 1 aliphatic heterocycles. The lowest BCUT2D eigenvalue weighted by atomic mass is 10.1. The molecule has 0 bridgehead atoms. The zero-order valence-corrected chi connectivity index (χ0v) is 15.2. The molecule has 7 nitrogen and oxygen atoms in total. The van der Waals surface area contributed by atoms with E-state index < -0.39 is 23.7 Å². The topological polar surface area (TPSA) is 101 Å². The van der Waals surface area contributed by atoms with Crippen molar-refractivity contribution in [1.82, 2.24) is 4.98 Å². The zero-order chi connectivity index (χ0) is 18.7. The van der Waals surface area contributed by atoms with Crippen molar-refractivity contribution in [3.8, 4) is 28.4 Å². The second kappa shape index (κ2) is 8.13. The van der Waals surface area contributed by atoms with Gasteiger partial charge in [-0.05, 0) is 18.2 Å². The summed E-state index contributed by atoms with van der Waals surface area (Å²) in [6.45, 7) is 0. The maximum atomic E-state index is 10.1. The van der Waals surface area contributed by atoms with Gasteiger partial charge in [-0.15, -0.1) is 11.8 Å². The van der Waals surface area contributed by atoms with Crippen LogP contribution >= 0.6 is 11.8 Å². The number of aliphatic hydroxyl groups excluding tert-OH is 3. The smallest absolute Gasteiger partial charge is 0.173 e. The van der Waals surface area contributed by atoms with Crippen LogP contribution in [0.5, 0.6) is 17.2 Å². The van der Waals surface area contributed by atoms with Gasteiger partial charge in [0.25, 0.3) is 0 Å². The van der Waals surface area contributed by atoms with Crippen LogP contribution in [0.4, 0.5) is 0 Å². The molecule has 0 saturated carbocycles. The monoisotopic (exact) mass is 379 g/mol. The Morgan fingerprint density at radius 3 is 2.54 bits per heavy atom. The van der Waals surface area contributed by atoms with Gasteiger partial charge in [0.2, 0.25) is 0 Å². The van der Waals surface area contributed by atoms with Crippen LogP contribution in [0.25, 0.3) is 11.1 Å². The first-order chi connectivity index (χ1) is 12.5. The SMILES string of the molecule is COc1ccc(-c2cncc(O[C@H]3SC[C@@H](O)[C@H](O)[C@H]3O)c2)c(OC)c1. The third-order valence-electron chi connectivity index (χ3n) is 4.14. The average molecular weight is 379 g/mol. The normalized spacial score (nSPS) is 25.6. The first-order valence-corrected chi connectivity index (χ1v) is 9.08. The largest absolute Gasteiger partial charge is 0.497 e. The molecular formula is C18H21NO6S. The zero-order valence-electron chi connectivity index (χ0n) is 14.4. The Labute approximate surface area is 155 Å². The summed E-state index contributed by atoms with van der Waals surface area (Å²) >= 11 is 1.24. The molecule has 1 aromatic heterocycles. The van der Waals surface area contributed by atoms with E-state index in [1.807, 2.05) is 12.1 Å². The van der Waals surface area contributed by atoms with Crippen molar-refractivity contribution in [3.05, 3.63) is 36.7 Å². The summed E-state index contributed by atoms with van der Waals surface area (Å²) in [6, 6.07) is 7.25. The van der Waals surface area contributed by atoms with Crippen LogP contribution in [-0.4, -0.2) is 64.0 Å². The number of methoxy groups -OCH3 is 2. The van der Waals surface area contributed by atoms with E-state index in [1.54, 1.807) is 32.5 Å². The van der Waals surface area contributed by atoms with Crippen LogP contribution in [0.1, 0.15) is 0 Å². The van der Waals surface area contributed by atoms with Gasteiger partial charge in [-0.25, -0.2) is 0 Å². The molecular weight excluding hydrogens is 358 g/mol. The number of pyridine rings is 1. The highest BCUT2D eigenvalue weighted by molar-refractivity contribution is 7.99. The standard InChI is InChI=1S/C18H21NO6S/c1-23-11-3-4-13(15(6-11)24-2)10-5-12(8-19-7-10)25-18-17(22)16(21)14(20)9-26-18/h3-8,14,16-18,20-22H,9H2,1-2H3/t14-,16+,17-,18+/m1/s1. The highest BCUT2D eigenvalue weighted by Gasteiger charge is 2.38. The minimum atomic E-state index is -1.24. The lowest BCUT2D eigenvalue weighted by molar-refractivity contribution is -0.0786. The Balaban J connectivity index is 1.83. The lowest BCUT2D eigenvalue weighted by Crippen LogP contribution is -2.50. The molecule has 1 saturated heterocycles. The fraction of sp³-hybridized carbons (Fsp3) is 0.389. The number of hydrogen-bond acceptors (Lipinski definition) is 8. The summed E-state index contributed by atoms with van der Waals surface area (Å²) in [6.07, 6.45) is -0.186. The summed E-state index contributed by atoms with van der Waals surface area (Å²) in [5, 5.41) is 29.5. The summed E-state index contributed by atoms with van der Waals surface area (Å²) < 4.78 is 16.4. The Kier molecular flexibility index (Phi) is 5.87. The van der Waals surface area contributed by atoms with Gasteiger partial charge in [-0.1, -0.05) is 0 Å². The third-order valence-corrected chi connectivity index (χ3v) is 5.38. The number of hydrogen-bond donors (Lipinski definition) is 3. The van der Waals surface area contributed by atoms with E-state index in [2.05, 4.69) is 4.98 Å². The predicted molar refractivity (Wildman–Crippen MR) is 97.7 cm³/mol. The van der Waals surface area contributed by atoms with Crippen molar-refractivity contribution in [2.45, 2.75) is 23.7 Å². The molecule has 140 valence electrons. The molecule has 2 aromatic rings. The fourth-order valence-electron chi connectivity index (χ4n) is 2.68. The Bertz CT molecular complexity index is 758. The van der Waals surface area contributed by atoms with E-state index in [0.29, 0.717) is 17.2 Å². The van der Waals surface area contributed by atoms with E-state index in [4.69, 9.17) is 14.2 Å². The predicted octanol–water partition coefficient (Wildman–Crippen LogP) is 1.30. The number of aromatic nitrogens is 1. The summed E-state index contributed by atoms with van der Waals surface area (Å²) in [7, 11) is 3.16. The van der Waals surface area contributed by atoms with E-state index in [9.17, 15) is 15.3 Å². The maximum Gasteiger partial charge on any atom is 0.173 e. The van der Waals surface area contributed by atoms with Gasteiger partial charge in [0, 0.05) is 29.1 Å². The number of aliphatic hydroxyl groups is 3. The number of rotatable bonds is 5. The minimum Gasteiger partial charge on any atom is -0.497 e. The van der Waals surface area contributed by atoms with E-state index in [1.165, 1.54) is 18.0 Å². The number of ether oxygens (including phenoxy) is 3. The molecule has 2 heterocycles. The van der Waals surface area contributed by atoms with Crippen LogP contribution in [-0.2, 0) is 0 Å². The van der Waals surface area contributed by atoms with Crippen LogP contribution in [0.15, 0.2) is 36.7 Å². The van der Waals surface area contributed by atoms with Crippen LogP contribution in [0.2, 0.25) is 0 Å². The number of thioether (sulfide) groups is 1. The number of nitrogens with zero attached hydrogens (tertiary/aromatic N) is 1. The van der Waals surface area contributed by atoms with Gasteiger partial charge >= 0.3 is 0 Å². The van der Waals surface area contributed by atoms with Gasteiger partial charge in [0.1, 0.15) is 29.5 Å². The highest BCUT2D eigenvalue weighted by Crippen LogP contribution is 2.35. The molecule has 0 spiro atoms. The molecule has 3 N–H and O–H groups in total. The van der Waals surface area contributed by atoms with Crippen molar-refractivity contribution >= 4 is 11.8 Å². The first kappa shape index (κ1) is 18.8. The van der Waals surface area contributed by atoms with E-state index in [0.717, 1.165) is 11.1 Å². The minimum absolute atomic E-state index is 0.280. The van der Waals surface area contributed by atoms with Gasteiger partial charge in [0.05, 0.1) is 26.5 Å². The van der Waals surface area contributed by atoms with Crippen LogP contribution in [0, 0.1) is 0 Å². The number of benzene rings is 1. The molecule has 4 atom stereocenters. The van der Waals surface area contributed by atoms with E-state index in [-0.39, 0.29) is 5.75 Å². The molecule has 26 heavy (non-hydrogen) atoms. The molecule has 0 aliphatic carbocycles. The van der Waals surface area contributed by atoms with Crippen molar-refractivity contribution < 1.29 is 29.5 Å². The highest BCUT2D eigenvalue weighted by atomic mass is 32.2. The molecule has 0 unspecified atom stereocenters. The quantitative estimate of drug-likeness (QED) is 0.715. The van der Waals surface area contributed by atoms with Gasteiger partial charge in [0.15, 0.2) is 5.44 Å². The van der Waals surface area contributed by atoms with Crippen molar-refractivity contribution in [3.63, 3.8) is 0 Å². The Morgan fingerprint density at radius 2 is 1.81 bits per heavy atom. The second-order valence-corrected chi connectivity index (χ2v) is 6.97. The average Bonchev–Trinajstić information content (AvgIpc) is 2.68. The molecule has 3 rings (SSSR count). The molecule has 0 radical (unpaired) electrons. The summed E-state index contributed by atoms with van der Waals surface area (Å²) in [5.74, 6) is 2.04.